The molecule has 5 N–H and O–H groups in total. The number of primary amides is 1. The van der Waals surface area contributed by atoms with Gasteiger partial charge in [0.25, 0.3) is 0 Å². The number of amides is 2. The first-order chi connectivity index (χ1) is 10.6. The standard InChI is InChI=1S/C15H31N3O5/c1-14(2,23-8-6-16)5-7-22-15(3,4)11-18-13(20)10-21-9-12(17)19/h5-11,16H2,1-4H3,(H2,17,19)(H,18,20). The SMILES string of the molecule is CC(C)(CCOC(C)(C)CNC(=O)COCC(N)=O)OCCN. The van der Waals surface area contributed by atoms with Crippen LogP contribution in [-0.4, -0.2) is 62.5 Å². The van der Waals surface area contributed by atoms with Crippen LogP contribution in [0.15, 0.2) is 0 Å². The molecule has 8 nitrogen and oxygen atoms in total. The molecule has 0 spiro atoms. The van der Waals surface area contributed by atoms with Gasteiger partial charge in [0.2, 0.25) is 11.8 Å². The number of nitrogens with two attached hydrogens (primary N) is 2. The molecule has 0 atom stereocenters. The fourth-order valence-electron chi connectivity index (χ4n) is 1.64. The third-order valence-electron chi connectivity index (χ3n) is 3.00. The Morgan fingerprint density at radius 1 is 1.00 bits per heavy atom. The Morgan fingerprint density at radius 2 is 1.61 bits per heavy atom. The summed E-state index contributed by atoms with van der Waals surface area (Å²) in [4.78, 5) is 22.0. The van der Waals surface area contributed by atoms with Crippen molar-refractivity contribution >= 4 is 11.8 Å². The maximum Gasteiger partial charge on any atom is 0.246 e. The first-order valence-corrected chi connectivity index (χ1v) is 7.69. The highest BCUT2D eigenvalue weighted by Crippen LogP contribution is 2.16. The van der Waals surface area contributed by atoms with E-state index in [1.165, 1.54) is 0 Å². The van der Waals surface area contributed by atoms with Crippen molar-refractivity contribution in [3.8, 4) is 0 Å². The van der Waals surface area contributed by atoms with Crippen molar-refractivity contribution in [2.75, 3.05) is 39.5 Å². The summed E-state index contributed by atoms with van der Waals surface area (Å²) in [6, 6.07) is 0. The second kappa shape index (κ2) is 10.5. The average molecular weight is 333 g/mol. The van der Waals surface area contributed by atoms with Crippen LogP contribution in [0.25, 0.3) is 0 Å². The van der Waals surface area contributed by atoms with Crippen molar-refractivity contribution < 1.29 is 23.8 Å². The lowest BCUT2D eigenvalue weighted by Crippen LogP contribution is -2.42. The smallest absolute Gasteiger partial charge is 0.246 e. The number of hydrogen-bond donors (Lipinski definition) is 3. The van der Waals surface area contributed by atoms with Gasteiger partial charge in [-0.3, -0.25) is 9.59 Å². The van der Waals surface area contributed by atoms with Gasteiger partial charge >= 0.3 is 0 Å². The molecule has 0 fully saturated rings. The summed E-state index contributed by atoms with van der Waals surface area (Å²) in [5, 5.41) is 2.69. The summed E-state index contributed by atoms with van der Waals surface area (Å²) < 4.78 is 16.3. The minimum atomic E-state index is -0.610. The van der Waals surface area contributed by atoms with Crippen molar-refractivity contribution in [2.24, 2.45) is 11.5 Å². The molecule has 0 aromatic rings. The van der Waals surface area contributed by atoms with Gasteiger partial charge in [0.1, 0.15) is 13.2 Å². The Balaban J connectivity index is 3.95. The molecule has 0 saturated carbocycles. The van der Waals surface area contributed by atoms with Gasteiger partial charge in [0, 0.05) is 13.1 Å². The Hall–Kier alpha value is -1.22. The fourth-order valence-corrected chi connectivity index (χ4v) is 1.64. The van der Waals surface area contributed by atoms with E-state index in [4.69, 9.17) is 25.7 Å². The van der Waals surface area contributed by atoms with Crippen molar-refractivity contribution in [3.63, 3.8) is 0 Å². The van der Waals surface area contributed by atoms with Crippen LogP contribution in [0.2, 0.25) is 0 Å². The van der Waals surface area contributed by atoms with E-state index < -0.39 is 11.5 Å². The molecule has 136 valence electrons. The average Bonchev–Trinajstić information content (AvgIpc) is 2.42. The van der Waals surface area contributed by atoms with Crippen molar-refractivity contribution in [3.05, 3.63) is 0 Å². The van der Waals surface area contributed by atoms with E-state index in [9.17, 15) is 9.59 Å². The Labute approximate surface area is 138 Å². The van der Waals surface area contributed by atoms with E-state index >= 15 is 0 Å². The van der Waals surface area contributed by atoms with Gasteiger partial charge in [-0.1, -0.05) is 0 Å². The minimum Gasteiger partial charge on any atom is -0.374 e. The zero-order chi connectivity index (χ0) is 17.9. The fraction of sp³-hybridized carbons (Fsp3) is 0.867. The number of carbonyl (C=O) groups excluding carboxylic acids is 2. The molecule has 0 aliphatic heterocycles. The third-order valence-corrected chi connectivity index (χ3v) is 3.00. The summed E-state index contributed by atoms with van der Waals surface area (Å²) in [7, 11) is 0. The van der Waals surface area contributed by atoms with Crippen LogP contribution >= 0.6 is 0 Å². The molecule has 0 aromatic carbocycles. The molecule has 0 rings (SSSR count). The molecule has 0 aliphatic rings. The summed E-state index contributed by atoms with van der Waals surface area (Å²) in [5.41, 5.74) is 9.50. The lowest BCUT2D eigenvalue weighted by molar-refractivity contribution is -0.130. The molecule has 2 amide bonds. The van der Waals surface area contributed by atoms with E-state index in [0.29, 0.717) is 32.7 Å². The third kappa shape index (κ3) is 13.0. The molecule has 0 unspecified atom stereocenters. The Bertz CT molecular complexity index is 372. The number of rotatable bonds is 13. The molecule has 8 heteroatoms. The Morgan fingerprint density at radius 3 is 2.17 bits per heavy atom. The van der Waals surface area contributed by atoms with Gasteiger partial charge in [0.05, 0.1) is 24.4 Å². The zero-order valence-corrected chi connectivity index (χ0v) is 14.6. The van der Waals surface area contributed by atoms with Gasteiger partial charge in [-0.15, -0.1) is 0 Å². The minimum absolute atomic E-state index is 0.209. The van der Waals surface area contributed by atoms with E-state index in [-0.39, 0.29) is 24.7 Å². The summed E-state index contributed by atoms with van der Waals surface area (Å²) in [5.74, 6) is -0.935. The maximum absolute atomic E-state index is 11.5. The summed E-state index contributed by atoms with van der Waals surface area (Å²) in [6.07, 6.45) is 0.714. The predicted molar refractivity (Wildman–Crippen MR) is 86.8 cm³/mol. The quantitative estimate of drug-likeness (QED) is 0.419. The number of carbonyl (C=O) groups is 2. The van der Waals surface area contributed by atoms with Crippen LogP contribution < -0.4 is 16.8 Å². The van der Waals surface area contributed by atoms with Crippen LogP contribution in [0.1, 0.15) is 34.1 Å². The normalized spacial score (nSPS) is 12.2. The van der Waals surface area contributed by atoms with Crippen LogP contribution in [0, 0.1) is 0 Å². The van der Waals surface area contributed by atoms with E-state index in [1.807, 2.05) is 27.7 Å². The van der Waals surface area contributed by atoms with E-state index in [0.717, 1.165) is 0 Å². The first kappa shape index (κ1) is 21.8. The van der Waals surface area contributed by atoms with E-state index in [2.05, 4.69) is 5.32 Å². The second-order valence-corrected chi connectivity index (χ2v) is 6.49. The molecular formula is C15H31N3O5. The van der Waals surface area contributed by atoms with Crippen LogP contribution in [0.3, 0.4) is 0 Å². The molecule has 0 radical (unpaired) electrons. The van der Waals surface area contributed by atoms with Gasteiger partial charge in [-0.2, -0.15) is 0 Å². The highest BCUT2D eigenvalue weighted by molar-refractivity contribution is 5.78. The highest BCUT2D eigenvalue weighted by atomic mass is 16.5. The molecule has 0 aliphatic carbocycles. The van der Waals surface area contributed by atoms with E-state index in [1.54, 1.807) is 0 Å². The maximum atomic E-state index is 11.5. The predicted octanol–water partition coefficient (Wildman–Crippen LogP) is -0.456. The Kier molecular flexibility index (Phi) is 9.98. The number of hydrogen-bond acceptors (Lipinski definition) is 6. The van der Waals surface area contributed by atoms with Crippen LogP contribution in [0.5, 0.6) is 0 Å². The van der Waals surface area contributed by atoms with Crippen molar-refractivity contribution in [2.45, 2.75) is 45.3 Å². The number of nitrogens with one attached hydrogen (secondary N) is 1. The molecule has 0 heterocycles. The van der Waals surface area contributed by atoms with Gasteiger partial charge in [-0.25, -0.2) is 0 Å². The topological polar surface area (TPSA) is 126 Å². The van der Waals surface area contributed by atoms with Gasteiger partial charge < -0.3 is 31.0 Å². The molecule has 0 saturated heterocycles. The largest absolute Gasteiger partial charge is 0.374 e. The summed E-state index contributed by atoms with van der Waals surface area (Å²) in [6.45, 7) is 9.07. The lowest BCUT2D eigenvalue weighted by Gasteiger charge is -2.29. The van der Waals surface area contributed by atoms with Gasteiger partial charge in [0.15, 0.2) is 0 Å². The first-order valence-electron chi connectivity index (χ1n) is 7.69. The second-order valence-electron chi connectivity index (χ2n) is 6.49. The van der Waals surface area contributed by atoms with Crippen LogP contribution in [-0.2, 0) is 23.8 Å². The zero-order valence-electron chi connectivity index (χ0n) is 14.6. The monoisotopic (exact) mass is 333 g/mol. The summed E-state index contributed by atoms with van der Waals surface area (Å²) >= 11 is 0. The van der Waals surface area contributed by atoms with Crippen molar-refractivity contribution in [1.29, 1.82) is 0 Å². The van der Waals surface area contributed by atoms with Crippen LogP contribution in [0.4, 0.5) is 0 Å². The lowest BCUT2D eigenvalue weighted by atomic mass is 10.1. The number of ether oxygens (including phenoxy) is 3. The highest BCUT2D eigenvalue weighted by Gasteiger charge is 2.23. The molecular weight excluding hydrogens is 302 g/mol. The van der Waals surface area contributed by atoms with Crippen molar-refractivity contribution in [1.82, 2.24) is 5.32 Å². The van der Waals surface area contributed by atoms with Gasteiger partial charge in [-0.05, 0) is 34.1 Å². The molecule has 23 heavy (non-hydrogen) atoms. The molecule has 0 aromatic heterocycles. The molecule has 0 bridgehead atoms.